The van der Waals surface area contributed by atoms with Crippen LogP contribution in [0.4, 0.5) is 10.1 Å². The molecule has 0 amide bonds. The molecule has 0 radical (unpaired) electrons. The van der Waals surface area contributed by atoms with Crippen LogP contribution in [0.5, 0.6) is 0 Å². The summed E-state index contributed by atoms with van der Waals surface area (Å²) >= 11 is 3.12. The standard InChI is InChI=1S/C7H5BrFN5/c8-4-1-5(9)7(2-6(4)10)14-3-11-12-13-14/h1-3H,10H2. The lowest BCUT2D eigenvalue weighted by molar-refractivity contribution is 0.606. The van der Waals surface area contributed by atoms with E-state index in [1.165, 1.54) is 23.1 Å². The molecular formula is C7H5BrFN5. The van der Waals surface area contributed by atoms with Crippen LogP contribution >= 0.6 is 15.9 Å². The number of nitrogen functional groups attached to an aromatic ring is 1. The molecule has 2 rings (SSSR count). The van der Waals surface area contributed by atoms with E-state index in [1.807, 2.05) is 0 Å². The summed E-state index contributed by atoms with van der Waals surface area (Å²) in [5.41, 5.74) is 6.25. The highest BCUT2D eigenvalue weighted by atomic mass is 79.9. The molecule has 0 atom stereocenters. The zero-order valence-corrected chi connectivity index (χ0v) is 8.44. The molecule has 5 nitrogen and oxygen atoms in total. The Morgan fingerprint density at radius 1 is 1.43 bits per heavy atom. The van der Waals surface area contributed by atoms with E-state index >= 15 is 0 Å². The Kier molecular flexibility index (Phi) is 2.16. The van der Waals surface area contributed by atoms with Gasteiger partial charge < -0.3 is 5.73 Å². The minimum atomic E-state index is -0.446. The number of anilines is 1. The van der Waals surface area contributed by atoms with Gasteiger partial charge in [0.05, 0.1) is 0 Å². The average Bonchev–Trinajstić information content (AvgIpc) is 2.64. The third-order valence-electron chi connectivity index (χ3n) is 1.66. The number of rotatable bonds is 1. The predicted octanol–water partition coefficient (Wildman–Crippen LogP) is 1.15. The Balaban J connectivity index is 2.60. The van der Waals surface area contributed by atoms with E-state index in [9.17, 15) is 4.39 Å². The lowest BCUT2D eigenvalue weighted by atomic mass is 10.3. The largest absolute Gasteiger partial charge is 0.398 e. The van der Waals surface area contributed by atoms with Gasteiger partial charge >= 0.3 is 0 Å². The second-order valence-corrected chi connectivity index (χ2v) is 3.43. The number of hydrogen-bond acceptors (Lipinski definition) is 4. The van der Waals surface area contributed by atoms with Crippen LogP contribution in [0.25, 0.3) is 5.69 Å². The summed E-state index contributed by atoms with van der Waals surface area (Å²) in [7, 11) is 0. The third-order valence-corrected chi connectivity index (χ3v) is 2.35. The summed E-state index contributed by atoms with van der Waals surface area (Å²) in [5.74, 6) is -0.446. The highest BCUT2D eigenvalue weighted by Gasteiger charge is 2.08. The van der Waals surface area contributed by atoms with Crippen LogP contribution in [0.3, 0.4) is 0 Å². The number of nitrogens with zero attached hydrogens (tertiary/aromatic N) is 4. The maximum absolute atomic E-state index is 13.4. The fraction of sp³-hybridized carbons (Fsp3) is 0. The van der Waals surface area contributed by atoms with Crippen LogP contribution in [0.1, 0.15) is 0 Å². The molecule has 0 aliphatic carbocycles. The van der Waals surface area contributed by atoms with E-state index in [-0.39, 0.29) is 5.69 Å². The van der Waals surface area contributed by atoms with Gasteiger partial charge in [0, 0.05) is 10.2 Å². The lowest BCUT2D eigenvalue weighted by Crippen LogP contribution is -2.01. The highest BCUT2D eigenvalue weighted by molar-refractivity contribution is 9.10. The minimum absolute atomic E-state index is 0.218. The summed E-state index contributed by atoms with van der Waals surface area (Å²) in [5, 5.41) is 10.4. The van der Waals surface area contributed by atoms with Crippen LogP contribution in [0.2, 0.25) is 0 Å². The van der Waals surface area contributed by atoms with Crippen molar-refractivity contribution in [2.24, 2.45) is 0 Å². The van der Waals surface area contributed by atoms with Crippen LogP contribution in [0, 0.1) is 5.82 Å². The molecule has 1 aromatic heterocycles. The molecule has 1 aromatic carbocycles. The van der Waals surface area contributed by atoms with Crippen molar-refractivity contribution in [3.05, 3.63) is 28.7 Å². The fourth-order valence-electron chi connectivity index (χ4n) is 1.00. The van der Waals surface area contributed by atoms with Crippen molar-refractivity contribution in [1.29, 1.82) is 0 Å². The summed E-state index contributed by atoms with van der Waals surface area (Å²) in [6.07, 6.45) is 1.30. The Bertz CT molecular complexity index is 455. The van der Waals surface area contributed by atoms with Crippen molar-refractivity contribution < 1.29 is 4.39 Å². The molecule has 0 spiro atoms. The first-order valence-corrected chi connectivity index (χ1v) is 4.45. The first-order valence-electron chi connectivity index (χ1n) is 3.66. The average molecular weight is 258 g/mol. The minimum Gasteiger partial charge on any atom is -0.398 e. The van der Waals surface area contributed by atoms with Crippen LogP contribution in [-0.2, 0) is 0 Å². The molecule has 2 N–H and O–H groups in total. The van der Waals surface area contributed by atoms with E-state index in [4.69, 9.17) is 5.73 Å². The van der Waals surface area contributed by atoms with Gasteiger partial charge in [-0.05, 0) is 38.5 Å². The molecule has 0 unspecified atom stereocenters. The monoisotopic (exact) mass is 257 g/mol. The van der Waals surface area contributed by atoms with Crippen LogP contribution < -0.4 is 5.73 Å². The maximum Gasteiger partial charge on any atom is 0.150 e. The molecule has 14 heavy (non-hydrogen) atoms. The Morgan fingerprint density at radius 2 is 2.21 bits per heavy atom. The number of nitrogens with two attached hydrogens (primary N) is 1. The van der Waals surface area contributed by atoms with Crippen LogP contribution in [0.15, 0.2) is 22.9 Å². The van der Waals surface area contributed by atoms with Gasteiger partial charge in [-0.25, -0.2) is 4.39 Å². The van der Waals surface area contributed by atoms with E-state index in [0.29, 0.717) is 10.2 Å². The van der Waals surface area contributed by atoms with Crippen molar-refractivity contribution in [3.63, 3.8) is 0 Å². The summed E-state index contributed by atoms with van der Waals surface area (Å²) in [6.45, 7) is 0. The van der Waals surface area contributed by atoms with Crippen LogP contribution in [-0.4, -0.2) is 20.2 Å². The smallest absolute Gasteiger partial charge is 0.150 e. The van der Waals surface area contributed by atoms with Crippen molar-refractivity contribution in [1.82, 2.24) is 20.2 Å². The van der Waals surface area contributed by atoms with Crippen molar-refractivity contribution in [3.8, 4) is 5.69 Å². The molecule has 7 heteroatoms. The number of halogens is 2. The van der Waals surface area contributed by atoms with E-state index in [2.05, 4.69) is 31.5 Å². The van der Waals surface area contributed by atoms with Gasteiger partial charge in [0.2, 0.25) is 0 Å². The lowest BCUT2D eigenvalue weighted by Gasteiger charge is -2.04. The highest BCUT2D eigenvalue weighted by Crippen LogP contribution is 2.24. The number of aromatic nitrogens is 4. The SMILES string of the molecule is Nc1cc(-n2cnnn2)c(F)cc1Br. The zero-order valence-electron chi connectivity index (χ0n) is 6.85. The summed E-state index contributed by atoms with van der Waals surface area (Å²) in [6, 6.07) is 2.72. The Hall–Kier alpha value is -1.50. The molecule has 72 valence electrons. The Morgan fingerprint density at radius 3 is 2.86 bits per heavy atom. The van der Waals surface area contributed by atoms with Crippen molar-refractivity contribution in [2.75, 3.05) is 5.73 Å². The second-order valence-electron chi connectivity index (χ2n) is 2.58. The van der Waals surface area contributed by atoms with Gasteiger partial charge in [-0.15, -0.1) is 5.10 Å². The van der Waals surface area contributed by atoms with Gasteiger partial charge in [0.25, 0.3) is 0 Å². The maximum atomic E-state index is 13.4. The van der Waals surface area contributed by atoms with E-state index < -0.39 is 5.82 Å². The van der Waals surface area contributed by atoms with Gasteiger partial charge in [0.15, 0.2) is 0 Å². The van der Waals surface area contributed by atoms with Crippen molar-refractivity contribution in [2.45, 2.75) is 0 Å². The molecule has 0 aliphatic rings. The van der Waals surface area contributed by atoms with E-state index in [0.717, 1.165) is 0 Å². The second kappa shape index (κ2) is 3.33. The zero-order chi connectivity index (χ0) is 10.1. The molecule has 0 aliphatic heterocycles. The first-order chi connectivity index (χ1) is 6.68. The molecule has 0 bridgehead atoms. The van der Waals surface area contributed by atoms with Gasteiger partial charge in [-0.2, -0.15) is 4.68 Å². The van der Waals surface area contributed by atoms with Gasteiger partial charge in [0.1, 0.15) is 17.8 Å². The first kappa shape index (κ1) is 9.07. The molecule has 1 heterocycles. The number of hydrogen-bond donors (Lipinski definition) is 1. The molecular weight excluding hydrogens is 253 g/mol. The quantitative estimate of drug-likeness (QED) is 0.779. The Labute approximate surface area is 86.8 Å². The number of tetrazole rings is 1. The number of benzene rings is 1. The van der Waals surface area contributed by atoms with Gasteiger partial charge in [-0.3, -0.25) is 0 Å². The molecule has 0 fully saturated rings. The van der Waals surface area contributed by atoms with E-state index in [1.54, 1.807) is 0 Å². The molecule has 2 aromatic rings. The predicted molar refractivity (Wildman–Crippen MR) is 51.2 cm³/mol. The summed E-state index contributed by atoms with van der Waals surface area (Å²) < 4.78 is 15.1. The topological polar surface area (TPSA) is 69.6 Å². The van der Waals surface area contributed by atoms with Gasteiger partial charge in [-0.1, -0.05) is 0 Å². The normalized spacial score (nSPS) is 10.4. The molecule has 0 saturated carbocycles. The summed E-state index contributed by atoms with van der Waals surface area (Å²) in [4.78, 5) is 0. The van der Waals surface area contributed by atoms with Crippen molar-refractivity contribution >= 4 is 21.6 Å². The molecule has 0 saturated heterocycles. The fourth-order valence-corrected chi connectivity index (χ4v) is 1.32. The third kappa shape index (κ3) is 1.46.